The van der Waals surface area contributed by atoms with Crippen molar-refractivity contribution in [1.82, 2.24) is 4.90 Å². The van der Waals surface area contributed by atoms with Crippen LogP contribution in [0.4, 0.5) is 11.4 Å². The van der Waals surface area contributed by atoms with E-state index in [0.717, 1.165) is 0 Å². The number of nitrogens with zero attached hydrogens (tertiary/aromatic N) is 2. The molecule has 0 bridgehead atoms. The van der Waals surface area contributed by atoms with Crippen molar-refractivity contribution in [2.24, 2.45) is 0 Å². The van der Waals surface area contributed by atoms with Crippen LogP contribution in [0.15, 0.2) is 24.3 Å². The van der Waals surface area contributed by atoms with Gasteiger partial charge in [0.1, 0.15) is 5.69 Å². The van der Waals surface area contributed by atoms with Crippen molar-refractivity contribution in [1.29, 1.82) is 0 Å². The quantitative estimate of drug-likeness (QED) is 0.568. The highest BCUT2D eigenvalue weighted by Gasteiger charge is 2.17. The summed E-state index contributed by atoms with van der Waals surface area (Å²) in [5.41, 5.74) is -0.115. The summed E-state index contributed by atoms with van der Waals surface area (Å²) in [6.45, 7) is 1.70. The number of anilines is 1. The Kier molecular flexibility index (Phi) is 5.60. The van der Waals surface area contributed by atoms with Crippen molar-refractivity contribution < 1.29 is 19.6 Å². The first-order valence-corrected chi connectivity index (χ1v) is 5.91. The van der Waals surface area contributed by atoms with Gasteiger partial charge < -0.3 is 10.4 Å². The number of carboxylic acid groups (broad SMARTS) is 1. The molecule has 1 rings (SSSR count). The van der Waals surface area contributed by atoms with Crippen LogP contribution in [0.1, 0.15) is 6.92 Å². The van der Waals surface area contributed by atoms with Gasteiger partial charge >= 0.3 is 5.97 Å². The molecule has 108 valence electrons. The summed E-state index contributed by atoms with van der Waals surface area (Å²) in [4.78, 5) is 34.0. The molecule has 0 saturated heterocycles. The zero-order valence-electron chi connectivity index (χ0n) is 10.9. The fourth-order valence-electron chi connectivity index (χ4n) is 1.60. The highest BCUT2D eigenvalue weighted by atomic mass is 16.6. The van der Waals surface area contributed by atoms with Crippen molar-refractivity contribution in [2.75, 3.05) is 25.0 Å². The molecule has 0 saturated carbocycles. The zero-order chi connectivity index (χ0) is 15.1. The Hall–Kier alpha value is -2.48. The minimum absolute atomic E-state index is 0.0916. The van der Waals surface area contributed by atoms with Crippen molar-refractivity contribution in [2.45, 2.75) is 6.92 Å². The molecular weight excluding hydrogens is 266 g/mol. The average Bonchev–Trinajstić information content (AvgIpc) is 2.37. The number of benzene rings is 1. The largest absolute Gasteiger partial charge is 0.480 e. The van der Waals surface area contributed by atoms with E-state index >= 15 is 0 Å². The van der Waals surface area contributed by atoms with E-state index in [1.54, 1.807) is 13.0 Å². The first-order chi connectivity index (χ1) is 9.43. The summed E-state index contributed by atoms with van der Waals surface area (Å²) in [6.07, 6.45) is 0. The Morgan fingerprint density at radius 3 is 2.55 bits per heavy atom. The third-order valence-electron chi connectivity index (χ3n) is 2.55. The molecule has 2 N–H and O–H groups in total. The summed E-state index contributed by atoms with van der Waals surface area (Å²) >= 11 is 0. The van der Waals surface area contributed by atoms with Crippen LogP contribution < -0.4 is 5.32 Å². The standard InChI is InChI=1S/C12H15N3O5/c1-2-14(8-12(17)18)7-11(16)13-9-5-3-4-6-10(9)15(19)20/h3-6H,2,7-8H2,1H3,(H,13,16)(H,17,18). The monoisotopic (exact) mass is 281 g/mol. The second-order valence-corrected chi connectivity index (χ2v) is 4.02. The van der Waals surface area contributed by atoms with E-state index in [1.165, 1.54) is 23.1 Å². The molecule has 8 nitrogen and oxygen atoms in total. The number of nitro groups is 1. The molecule has 0 radical (unpaired) electrons. The molecule has 0 heterocycles. The third-order valence-corrected chi connectivity index (χ3v) is 2.55. The van der Waals surface area contributed by atoms with E-state index in [2.05, 4.69) is 5.32 Å². The maximum absolute atomic E-state index is 11.8. The number of hydrogen-bond donors (Lipinski definition) is 2. The zero-order valence-corrected chi connectivity index (χ0v) is 10.9. The molecular formula is C12H15N3O5. The SMILES string of the molecule is CCN(CC(=O)O)CC(=O)Nc1ccccc1[N+](=O)[O-]. The van der Waals surface area contributed by atoms with E-state index in [0.29, 0.717) is 6.54 Å². The van der Waals surface area contributed by atoms with Gasteiger partial charge in [-0.05, 0) is 12.6 Å². The van der Waals surface area contributed by atoms with E-state index < -0.39 is 16.8 Å². The highest BCUT2D eigenvalue weighted by Crippen LogP contribution is 2.22. The minimum Gasteiger partial charge on any atom is -0.480 e. The molecule has 0 unspecified atom stereocenters. The Bertz CT molecular complexity index is 518. The smallest absolute Gasteiger partial charge is 0.317 e. The fraction of sp³-hybridized carbons (Fsp3) is 0.333. The lowest BCUT2D eigenvalue weighted by Crippen LogP contribution is -2.36. The number of carbonyl (C=O) groups is 2. The fourth-order valence-corrected chi connectivity index (χ4v) is 1.60. The predicted octanol–water partition coefficient (Wildman–Crippen LogP) is 0.940. The number of hydrogen-bond acceptors (Lipinski definition) is 5. The molecule has 1 amide bonds. The number of carbonyl (C=O) groups excluding carboxylic acids is 1. The second-order valence-electron chi connectivity index (χ2n) is 4.02. The number of likely N-dealkylation sites (N-methyl/N-ethyl adjacent to an activating group) is 1. The summed E-state index contributed by atoms with van der Waals surface area (Å²) in [7, 11) is 0. The van der Waals surface area contributed by atoms with Crippen LogP contribution in [0.25, 0.3) is 0 Å². The summed E-state index contributed by atoms with van der Waals surface area (Å²) in [5.74, 6) is -1.53. The molecule has 1 aromatic rings. The van der Waals surface area contributed by atoms with Gasteiger partial charge in [0, 0.05) is 6.07 Å². The van der Waals surface area contributed by atoms with E-state index in [1.807, 2.05) is 0 Å². The van der Waals surface area contributed by atoms with Gasteiger partial charge in [-0.25, -0.2) is 0 Å². The van der Waals surface area contributed by atoms with Crippen molar-refractivity contribution in [3.63, 3.8) is 0 Å². The summed E-state index contributed by atoms with van der Waals surface area (Å²) < 4.78 is 0. The van der Waals surface area contributed by atoms with Crippen LogP contribution in [0.3, 0.4) is 0 Å². The Balaban J connectivity index is 2.71. The van der Waals surface area contributed by atoms with Gasteiger partial charge in [-0.15, -0.1) is 0 Å². The number of para-hydroxylation sites is 2. The van der Waals surface area contributed by atoms with Crippen LogP contribution in [0, 0.1) is 10.1 Å². The van der Waals surface area contributed by atoms with Gasteiger partial charge in [0.25, 0.3) is 5.69 Å². The molecule has 0 aliphatic heterocycles. The topological polar surface area (TPSA) is 113 Å². The van der Waals surface area contributed by atoms with Crippen LogP contribution in [0.5, 0.6) is 0 Å². The minimum atomic E-state index is -1.04. The summed E-state index contributed by atoms with van der Waals surface area (Å²) in [5, 5.41) is 21.9. The Labute approximate surface area is 115 Å². The average molecular weight is 281 g/mol. The molecule has 0 aromatic heterocycles. The van der Waals surface area contributed by atoms with Crippen LogP contribution in [-0.4, -0.2) is 46.4 Å². The van der Waals surface area contributed by atoms with Crippen molar-refractivity contribution in [3.05, 3.63) is 34.4 Å². The van der Waals surface area contributed by atoms with Gasteiger partial charge in [0.15, 0.2) is 0 Å². The lowest BCUT2D eigenvalue weighted by atomic mass is 10.2. The van der Waals surface area contributed by atoms with E-state index in [9.17, 15) is 19.7 Å². The Morgan fingerprint density at radius 2 is 2.00 bits per heavy atom. The predicted molar refractivity (Wildman–Crippen MR) is 71.5 cm³/mol. The maximum Gasteiger partial charge on any atom is 0.317 e. The van der Waals surface area contributed by atoms with Gasteiger partial charge in [0.2, 0.25) is 5.91 Å². The number of nitrogens with one attached hydrogen (secondary N) is 1. The second kappa shape index (κ2) is 7.19. The van der Waals surface area contributed by atoms with Crippen molar-refractivity contribution in [3.8, 4) is 0 Å². The van der Waals surface area contributed by atoms with Gasteiger partial charge in [-0.1, -0.05) is 19.1 Å². The van der Waals surface area contributed by atoms with Gasteiger partial charge in [-0.3, -0.25) is 24.6 Å². The van der Waals surface area contributed by atoms with Crippen LogP contribution in [-0.2, 0) is 9.59 Å². The van der Waals surface area contributed by atoms with Gasteiger partial charge in [0.05, 0.1) is 18.0 Å². The van der Waals surface area contributed by atoms with Crippen molar-refractivity contribution >= 4 is 23.3 Å². The highest BCUT2D eigenvalue weighted by molar-refractivity contribution is 5.94. The molecule has 0 fully saturated rings. The Morgan fingerprint density at radius 1 is 1.35 bits per heavy atom. The van der Waals surface area contributed by atoms with Crippen LogP contribution in [0.2, 0.25) is 0 Å². The third kappa shape index (κ3) is 4.65. The summed E-state index contributed by atoms with van der Waals surface area (Å²) in [6, 6.07) is 5.77. The maximum atomic E-state index is 11.8. The number of carboxylic acids is 1. The van der Waals surface area contributed by atoms with E-state index in [-0.39, 0.29) is 24.5 Å². The number of rotatable bonds is 7. The molecule has 0 aliphatic rings. The molecule has 0 aliphatic carbocycles. The number of amides is 1. The molecule has 1 aromatic carbocycles. The lowest BCUT2D eigenvalue weighted by Gasteiger charge is -2.17. The number of aliphatic carboxylic acids is 1. The molecule has 0 spiro atoms. The first-order valence-electron chi connectivity index (χ1n) is 5.91. The lowest BCUT2D eigenvalue weighted by molar-refractivity contribution is -0.383. The van der Waals surface area contributed by atoms with Crippen LogP contribution >= 0.6 is 0 Å². The van der Waals surface area contributed by atoms with E-state index in [4.69, 9.17) is 5.11 Å². The van der Waals surface area contributed by atoms with Gasteiger partial charge in [-0.2, -0.15) is 0 Å². The molecule has 20 heavy (non-hydrogen) atoms. The molecule has 8 heteroatoms. The molecule has 0 atom stereocenters. The number of nitro benzene ring substituents is 1. The first kappa shape index (κ1) is 15.6. The normalized spacial score (nSPS) is 10.3.